The van der Waals surface area contributed by atoms with Gasteiger partial charge >= 0.3 is 0 Å². The first-order valence-corrected chi connectivity index (χ1v) is 7.53. The van der Waals surface area contributed by atoms with E-state index in [1.54, 1.807) is 6.92 Å². The molecule has 0 saturated carbocycles. The number of sulfone groups is 1. The van der Waals surface area contributed by atoms with Crippen molar-refractivity contribution >= 4 is 9.84 Å². The number of nitrogens with zero attached hydrogens (tertiary/aromatic N) is 1. The molecule has 1 N–H and O–H groups in total. The van der Waals surface area contributed by atoms with Gasteiger partial charge in [0.25, 0.3) is 0 Å². The highest BCUT2D eigenvalue weighted by atomic mass is 32.2. The molecule has 1 atom stereocenters. The van der Waals surface area contributed by atoms with Crippen LogP contribution in [0.25, 0.3) is 0 Å². The van der Waals surface area contributed by atoms with E-state index in [9.17, 15) is 8.42 Å². The molecule has 0 amide bonds. The molecule has 1 heterocycles. The summed E-state index contributed by atoms with van der Waals surface area (Å²) in [5, 5.41) is 7.03. The Morgan fingerprint density at radius 2 is 2.06 bits per heavy atom. The van der Waals surface area contributed by atoms with Gasteiger partial charge in [-0.15, -0.1) is 0 Å². The summed E-state index contributed by atoms with van der Waals surface area (Å²) in [4.78, 5) is 0. The third-order valence-corrected chi connectivity index (χ3v) is 4.64. The van der Waals surface area contributed by atoms with Gasteiger partial charge in [0.15, 0.2) is 9.84 Å². The first-order chi connectivity index (χ1) is 7.85. The molecule has 98 valence electrons. The minimum absolute atomic E-state index is 0.0753. The zero-order chi connectivity index (χ0) is 13.1. The van der Waals surface area contributed by atoms with Crippen molar-refractivity contribution in [1.29, 1.82) is 0 Å². The number of hydrogen-bond donors (Lipinski definition) is 1. The monoisotopic (exact) mass is 260 g/mol. The standard InChI is InChI=1S/C11H20N2O3S/c1-5-17(14,15)7-8(2)12-6-11-9(3)13-16-10(11)4/h8,12H,5-7H2,1-4H3. The molecule has 1 aromatic heterocycles. The number of hydrogen-bond acceptors (Lipinski definition) is 5. The minimum atomic E-state index is -2.93. The van der Waals surface area contributed by atoms with Crippen molar-refractivity contribution in [3.8, 4) is 0 Å². The van der Waals surface area contributed by atoms with Crippen LogP contribution in [-0.2, 0) is 16.4 Å². The maximum Gasteiger partial charge on any atom is 0.151 e. The Hall–Kier alpha value is -0.880. The molecule has 17 heavy (non-hydrogen) atoms. The average molecular weight is 260 g/mol. The van der Waals surface area contributed by atoms with Crippen LogP contribution in [0.15, 0.2) is 4.52 Å². The average Bonchev–Trinajstić information content (AvgIpc) is 2.55. The molecular formula is C11H20N2O3S. The normalized spacial score (nSPS) is 13.9. The summed E-state index contributed by atoms with van der Waals surface area (Å²) in [5.41, 5.74) is 1.85. The Bertz CT molecular complexity index is 446. The molecule has 0 bridgehead atoms. The van der Waals surface area contributed by atoms with E-state index < -0.39 is 9.84 Å². The van der Waals surface area contributed by atoms with Gasteiger partial charge in [0.2, 0.25) is 0 Å². The molecule has 0 spiro atoms. The third kappa shape index (κ3) is 4.12. The molecular weight excluding hydrogens is 240 g/mol. The van der Waals surface area contributed by atoms with Gasteiger partial charge in [-0.3, -0.25) is 0 Å². The number of nitrogens with one attached hydrogen (secondary N) is 1. The van der Waals surface area contributed by atoms with Gasteiger partial charge in [0, 0.05) is 23.9 Å². The molecule has 0 fully saturated rings. The van der Waals surface area contributed by atoms with Gasteiger partial charge in [-0.05, 0) is 20.8 Å². The summed E-state index contributed by atoms with van der Waals surface area (Å²) in [6, 6.07) is -0.0753. The zero-order valence-corrected chi connectivity index (χ0v) is 11.6. The van der Waals surface area contributed by atoms with E-state index in [1.807, 2.05) is 20.8 Å². The molecule has 1 aromatic rings. The number of rotatable bonds is 6. The summed E-state index contributed by atoms with van der Waals surface area (Å²) >= 11 is 0. The number of aryl methyl sites for hydroxylation is 2. The third-order valence-electron chi connectivity index (χ3n) is 2.75. The largest absolute Gasteiger partial charge is 0.361 e. The smallest absolute Gasteiger partial charge is 0.151 e. The lowest BCUT2D eigenvalue weighted by molar-refractivity contribution is 0.391. The minimum Gasteiger partial charge on any atom is -0.361 e. The van der Waals surface area contributed by atoms with Gasteiger partial charge in [-0.1, -0.05) is 12.1 Å². The van der Waals surface area contributed by atoms with Crippen LogP contribution in [0.1, 0.15) is 30.9 Å². The second-order valence-electron chi connectivity index (χ2n) is 4.28. The van der Waals surface area contributed by atoms with Gasteiger partial charge in [-0.25, -0.2) is 8.42 Å². The van der Waals surface area contributed by atoms with E-state index in [0.717, 1.165) is 17.0 Å². The van der Waals surface area contributed by atoms with Gasteiger partial charge in [0.05, 0.1) is 11.4 Å². The first kappa shape index (κ1) is 14.2. The fourth-order valence-electron chi connectivity index (χ4n) is 1.59. The van der Waals surface area contributed by atoms with Crippen molar-refractivity contribution in [2.75, 3.05) is 11.5 Å². The maximum atomic E-state index is 11.4. The van der Waals surface area contributed by atoms with E-state index in [0.29, 0.717) is 6.54 Å². The molecule has 0 aliphatic heterocycles. The van der Waals surface area contributed by atoms with Gasteiger partial charge in [-0.2, -0.15) is 0 Å². The summed E-state index contributed by atoms with van der Waals surface area (Å²) < 4.78 is 27.9. The summed E-state index contributed by atoms with van der Waals surface area (Å²) in [5.74, 6) is 1.12. The Balaban J connectivity index is 2.52. The molecule has 0 aliphatic rings. The second-order valence-corrected chi connectivity index (χ2v) is 6.68. The predicted octanol–water partition coefficient (Wildman–Crippen LogP) is 1.20. The lowest BCUT2D eigenvalue weighted by Crippen LogP contribution is -2.33. The van der Waals surface area contributed by atoms with Crippen molar-refractivity contribution in [1.82, 2.24) is 10.5 Å². The van der Waals surface area contributed by atoms with E-state index in [4.69, 9.17) is 4.52 Å². The van der Waals surface area contributed by atoms with Crippen molar-refractivity contribution in [2.45, 2.75) is 40.3 Å². The molecule has 0 radical (unpaired) electrons. The Morgan fingerprint density at radius 1 is 1.41 bits per heavy atom. The van der Waals surface area contributed by atoms with E-state index >= 15 is 0 Å². The highest BCUT2D eigenvalue weighted by molar-refractivity contribution is 7.91. The Morgan fingerprint density at radius 3 is 2.53 bits per heavy atom. The Kier molecular flexibility index (Phi) is 4.70. The van der Waals surface area contributed by atoms with Crippen molar-refractivity contribution < 1.29 is 12.9 Å². The van der Waals surface area contributed by atoms with Crippen LogP contribution in [0, 0.1) is 13.8 Å². The van der Waals surface area contributed by atoms with Gasteiger partial charge < -0.3 is 9.84 Å². The number of aromatic nitrogens is 1. The molecule has 0 saturated heterocycles. The van der Waals surface area contributed by atoms with Crippen LogP contribution in [0.3, 0.4) is 0 Å². The molecule has 0 aliphatic carbocycles. The summed E-state index contributed by atoms with van der Waals surface area (Å²) in [6.45, 7) is 7.84. The first-order valence-electron chi connectivity index (χ1n) is 5.71. The van der Waals surface area contributed by atoms with Crippen LogP contribution in [0.4, 0.5) is 0 Å². The van der Waals surface area contributed by atoms with Crippen LogP contribution in [0.5, 0.6) is 0 Å². The summed E-state index contributed by atoms with van der Waals surface area (Å²) in [6.07, 6.45) is 0. The lowest BCUT2D eigenvalue weighted by atomic mass is 10.2. The molecule has 0 aromatic carbocycles. The predicted molar refractivity (Wildman–Crippen MR) is 66.6 cm³/mol. The van der Waals surface area contributed by atoms with E-state index in [-0.39, 0.29) is 17.5 Å². The van der Waals surface area contributed by atoms with Crippen molar-refractivity contribution in [3.63, 3.8) is 0 Å². The fraction of sp³-hybridized carbons (Fsp3) is 0.727. The van der Waals surface area contributed by atoms with Crippen LogP contribution in [0.2, 0.25) is 0 Å². The van der Waals surface area contributed by atoms with E-state index in [2.05, 4.69) is 10.5 Å². The fourth-order valence-corrected chi connectivity index (χ4v) is 2.70. The van der Waals surface area contributed by atoms with Crippen molar-refractivity contribution in [3.05, 3.63) is 17.0 Å². The Labute approximate surface area is 102 Å². The highest BCUT2D eigenvalue weighted by Gasteiger charge is 2.15. The zero-order valence-electron chi connectivity index (χ0n) is 10.8. The molecule has 5 nitrogen and oxygen atoms in total. The maximum absolute atomic E-state index is 11.4. The van der Waals surface area contributed by atoms with Crippen LogP contribution < -0.4 is 5.32 Å². The molecule has 1 rings (SSSR count). The van der Waals surface area contributed by atoms with E-state index in [1.165, 1.54) is 0 Å². The topological polar surface area (TPSA) is 72.2 Å². The van der Waals surface area contributed by atoms with Crippen LogP contribution in [-0.4, -0.2) is 31.1 Å². The van der Waals surface area contributed by atoms with Crippen molar-refractivity contribution in [2.24, 2.45) is 0 Å². The SMILES string of the molecule is CCS(=O)(=O)CC(C)NCc1c(C)noc1C. The van der Waals surface area contributed by atoms with Crippen LogP contribution >= 0.6 is 0 Å². The lowest BCUT2D eigenvalue weighted by Gasteiger charge is -2.13. The second kappa shape index (κ2) is 5.64. The summed E-state index contributed by atoms with van der Waals surface area (Å²) in [7, 11) is -2.93. The quantitative estimate of drug-likeness (QED) is 0.832. The molecule has 1 unspecified atom stereocenters. The molecule has 6 heteroatoms. The highest BCUT2D eigenvalue weighted by Crippen LogP contribution is 2.11. The van der Waals surface area contributed by atoms with Gasteiger partial charge in [0.1, 0.15) is 5.76 Å².